The fourth-order valence-corrected chi connectivity index (χ4v) is 3.44. The second-order valence-electron chi connectivity index (χ2n) is 7.23. The Labute approximate surface area is 191 Å². The molecule has 0 aromatic heterocycles. The van der Waals surface area contributed by atoms with E-state index in [4.69, 9.17) is 18.9 Å². The molecule has 0 atom stereocenters. The number of hydrogen-bond donors (Lipinski definition) is 1. The molecule has 0 spiro atoms. The minimum absolute atomic E-state index is 0.0480. The molecule has 3 aromatic rings. The van der Waals surface area contributed by atoms with Crippen LogP contribution in [0.15, 0.2) is 66.7 Å². The Bertz CT molecular complexity index is 1130. The van der Waals surface area contributed by atoms with Crippen molar-refractivity contribution in [2.24, 2.45) is 0 Å². The van der Waals surface area contributed by atoms with Gasteiger partial charge in [-0.3, -0.25) is 9.59 Å². The van der Waals surface area contributed by atoms with Gasteiger partial charge in [-0.15, -0.1) is 0 Å². The monoisotopic (exact) mass is 448 g/mol. The summed E-state index contributed by atoms with van der Waals surface area (Å²) in [6.45, 7) is 0.609. The lowest BCUT2D eigenvalue weighted by atomic mass is 10.1. The lowest BCUT2D eigenvalue weighted by molar-refractivity contribution is -0.121. The highest BCUT2D eigenvalue weighted by Gasteiger charge is 2.26. The Morgan fingerprint density at radius 3 is 2.39 bits per heavy atom. The molecule has 33 heavy (non-hydrogen) atoms. The highest BCUT2D eigenvalue weighted by molar-refractivity contribution is 6.06. The second kappa shape index (κ2) is 9.95. The predicted octanol–water partition coefficient (Wildman–Crippen LogP) is 3.76. The van der Waals surface area contributed by atoms with Crippen molar-refractivity contribution in [3.05, 3.63) is 72.3 Å². The molecule has 0 saturated carbocycles. The van der Waals surface area contributed by atoms with E-state index in [2.05, 4.69) is 5.32 Å². The average molecular weight is 448 g/mol. The largest absolute Gasteiger partial charge is 0.497 e. The number of fused-ring (bicyclic) bond motifs is 1. The van der Waals surface area contributed by atoms with Crippen molar-refractivity contribution in [2.45, 2.75) is 0 Å². The zero-order valence-electron chi connectivity index (χ0n) is 18.4. The van der Waals surface area contributed by atoms with Gasteiger partial charge in [-0.05, 0) is 42.5 Å². The summed E-state index contributed by atoms with van der Waals surface area (Å²) in [5.41, 5.74) is 1.47. The van der Waals surface area contributed by atoms with Crippen molar-refractivity contribution in [3.8, 4) is 23.0 Å². The molecule has 1 aliphatic rings. The molecule has 0 bridgehead atoms. The smallest absolute Gasteiger partial charge is 0.265 e. The first kappa shape index (κ1) is 22.0. The molecular weight excluding hydrogens is 424 g/mol. The van der Waals surface area contributed by atoms with Crippen LogP contribution in [0.5, 0.6) is 23.0 Å². The van der Waals surface area contributed by atoms with Gasteiger partial charge in [0.1, 0.15) is 29.6 Å². The summed E-state index contributed by atoms with van der Waals surface area (Å²) in [6, 6.07) is 19.5. The number of anilines is 2. The van der Waals surface area contributed by atoms with Gasteiger partial charge in [-0.1, -0.05) is 18.2 Å². The van der Waals surface area contributed by atoms with Crippen LogP contribution in [0.25, 0.3) is 0 Å². The van der Waals surface area contributed by atoms with Crippen LogP contribution in [-0.4, -0.2) is 45.8 Å². The third-order valence-electron chi connectivity index (χ3n) is 5.10. The molecule has 0 fully saturated rings. The first-order chi connectivity index (χ1) is 16.1. The van der Waals surface area contributed by atoms with E-state index in [1.54, 1.807) is 41.3 Å². The standard InChI is InChI=1S/C25H24N2O6/c1-30-20-12-17(13-21(15-20)31-2)25(29)26-18-8-9-23-22(14-18)27(24(28)16-33-23)10-11-32-19-6-4-3-5-7-19/h3-9,12-15H,10-11,16H2,1-2H3,(H,26,29). The van der Waals surface area contributed by atoms with Crippen molar-refractivity contribution in [1.29, 1.82) is 0 Å². The van der Waals surface area contributed by atoms with Crippen molar-refractivity contribution < 1.29 is 28.5 Å². The van der Waals surface area contributed by atoms with Gasteiger partial charge in [0.2, 0.25) is 0 Å². The van der Waals surface area contributed by atoms with E-state index in [1.165, 1.54) is 14.2 Å². The van der Waals surface area contributed by atoms with Gasteiger partial charge in [-0.25, -0.2) is 0 Å². The van der Waals surface area contributed by atoms with Gasteiger partial charge >= 0.3 is 0 Å². The number of methoxy groups -OCH3 is 2. The summed E-state index contributed by atoms with van der Waals surface area (Å²) in [5.74, 6) is 1.79. The summed E-state index contributed by atoms with van der Waals surface area (Å²) in [4.78, 5) is 27.0. The lowest BCUT2D eigenvalue weighted by Gasteiger charge is -2.29. The SMILES string of the molecule is COc1cc(OC)cc(C(=O)Nc2ccc3c(c2)N(CCOc2ccccc2)C(=O)CO3)c1. The number of nitrogens with one attached hydrogen (secondary N) is 1. The molecule has 1 N–H and O–H groups in total. The number of carbonyl (C=O) groups excluding carboxylic acids is 2. The summed E-state index contributed by atoms with van der Waals surface area (Å²) in [7, 11) is 3.04. The molecule has 0 unspecified atom stereocenters. The fraction of sp³-hybridized carbons (Fsp3) is 0.200. The summed E-state index contributed by atoms with van der Waals surface area (Å²) >= 11 is 0. The Morgan fingerprint density at radius 1 is 0.970 bits per heavy atom. The summed E-state index contributed by atoms with van der Waals surface area (Å²) < 4.78 is 21.8. The van der Waals surface area contributed by atoms with Gasteiger partial charge in [0.25, 0.3) is 11.8 Å². The third-order valence-corrected chi connectivity index (χ3v) is 5.10. The molecule has 8 nitrogen and oxygen atoms in total. The molecule has 1 aliphatic heterocycles. The number of amides is 2. The van der Waals surface area contributed by atoms with Crippen LogP contribution in [0.3, 0.4) is 0 Å². The Hall–Kier alpha value is -4.20. The molecular formula is C25H24N2O6. The zero-order valence-corrected chi connectivity index (χ0v) is 18.4. The van der Waals surface area contributed by atoms with Crippen molar-refractivity contribution in [3.63, 3.8) is 0 Å². The fourth-order valence-electron chi connectivity index (χ4n) is 3.44. The second-order valence-corrected chi connectivity index (χ2v) is 7.23. The number of para-hydroxylation sites is 1. The van der Waals surface area contributed by atoms with Crippen molar-refractivity contribution in [2.75, 3.05) is 44.2 Å². The van der Waals surface area contributed by atoms with E-state index in [0.29, 0.717) is 47.3 Å². The molecule has 2 amide bonds. The van der Waals surface area contributed by atoms with Crippen LogP contribution in [0.1, 0.15) is 10.4 Å². The molecule has 0 saturated heterocycles. The Balaban J connectivity index is 1.50. The van der Waals surface area contributed by atoms with E-state index in [0.717, 1.165) is 5.75 Å². The van der Waals surface area contributed by atoms with E-state index in [1.807, 2.05) is 30.3 Å². The normalized spacial score (nSPS) is 12.4. The molecule has 170 valence electrons. The van der Waals surface area contributed by atoms with Gasteiger partial charge in [-0.2, -0.15) is 0 Å². The Kier molecular flexibility index (Phi) is 6.64. The van der Waals surface area contributed by atoms with Gasteiger partial charge in [0, 0.05) is 17.3 Å². The maximum absolute atomic E-state index is 12.8. The third kappa shape index (κ3) is 5.17. The number of benzene rings is 3. The van der Waals surface area contributed by atoms with E-state index < -0.39 is 0 Å². The number of nitrogens with zero attached hydrogens (tertiary/aromatic N) is 1. The van der Waals surface area contributed by atoms with E-state index >= 15 is 0 Å². The van der Waals surface area contributed by atoms with E-state index in [9.17, 15) is 9.59 Å². The minimum Gasteiger partial charge on any atom is -0.497 e. The summed E-state index contributed by atoms with van der Waals surface area (Å²) in [6.07, 6.45) is 0. The average Bonchev–Trinajstić information content (AvgIpc) is 2.85. The quantitative estimate of drug-likeness (QED) is 0.565. The zero-order chi connectivity index (χ0) is 23.2. The minimum atomic E-state index is -0.339. The van der Waals surface area contributed by atoms with Gasteiger partial charge in [0.15, 0.2) is 6.61 Å². The first-order valence-corrected chi connectivity index (χ1v) is 10.4. The molecule has 1 heterocycles. The maximum Gasteiger partial charge on any atom is 0.265 e. The number of ether oxygens (including phenoxy) is 4. The van der Waals surface area contributed by atoms with Crippen LogP contribution < -0.4 is 29.2 Å². The van der Waals surface area contributed by atoms with Crippen LogP contribution >= 0.6 is 0 Å². The molecule has 8 heteroatoms. The van der Waals surface area contributed by atoms with Crippen LogP contribution in [-0.2, 0) is 4.79 Å². The van der Waals surface area contributed by atoms with Gasteiger partial charge in [0.05, 0.1) is 26.5 Å². The number of rotatable bonds is 8. The lowest BCUT2D eigenvalue weighted by Crippen LogP contribution is -2.41. The topological polar surface area (TPSA) is 86.3 Å². The Morgan fingerprint density at radius 2 is 1.70 bits per heavy atom. The van der Waals surface area contributed by atoms with Crippen LogP contribution in [0.4, 0.5) is 11.4 Å². The predicted molar refractivity (Wildman–Crippen MR) is 124 cm³/mol. The molecule has 3 aromatic carbocycles. The van der Waals surface area contributed by atoms with Crippen molar-refractivity contribution in [1.82, 2.24) is 0 Å². The van der Waals surface area contributed by atoms with E-state index in [-0.39, 0.29) is 18.4 Å². The highest BCUT2D eigenvalue weighted by atomic mass is 16.5. The molecule has 0 aliphatic carbocycles. The van der Waals surface area contributed by atoms with Crippen LogP contribution in [0, 0.1) is 0 Å². The molecule has 0 radical (unpaired) electrons. The number of hydrogen-bond acceptors (Lipinski definition) is 6. The maximum atomic E-state index is 12.8. The van der Waals surface area contributed by atoms with Crippen LogP contribution in [0.2, 0.25) is 0 Å². The van der Waals surface area contributed by atoms with Gasteiger partial charge < -0.3 is 29.2 Å². The number of carbonyl (C=O) groups is 2. The highest BCUT2D eigenvalue weighted by Crippen LogP contribution is 2.35. The first-order valence-electron chi connectivity index (χ1n) is 10.4. The van der Waals surface area contributed by atoms with Crippen molar-refractivity contribution >= 4 is 23.2 Å². The molecule has 4 rings (SSSR count). The summed E-state index contributed by atoms with van der Waals surface area (Å²) in [5, 5.41) is 2.85.